The number of nitrogens with one attached hydrogen (secondary N) is 3. The highest BCUT2D eigenvalue weighted by Gasteiger charge is 2.19. The number of anilines is 2. The summed E-state index contributed by atoms with van der Waals surface area (Å²) in [6, 6.07) is 10.5. The molecule has 140 valence electrons. The molecular formula is C18H22ClN3O3S. The molecular weight excluding hydrogens is 374 g/mol. The van der Waals surface area contributed by atoms with Gasteiger partial charge in [-0.05, 0) is 62.2 Å². The zero-order chi connectivity index (χ0) is 18.0. The van der Waals surface area contributed by atoms with Gasteiger partial charge in [0, 0.05) is 23.5 Å². The second-order valence-electron chi connectivity index (χ2n) is 6.00. The standard InChI is InChI=1S/C18H21N3O3S.ClH/c1-12-8-9-13(11-17(12)25(23,24)19-2)21-18(22)15-5-3-7-16-14(15)6-4-10-20-16;/h3,5,7-9,11,19-20H,4,6,10H2,1-2H3,(H,21,22);1H. The van der Waals surface area contributed by atoms with Crippen LogP contribution in [0.4, 0.5) is 11.4 Å². The summed E-state index contributed by atoms with van der Waals surface area (Å²) in [5.41, 5.74) is 3.67. The average Bonchev–Trinajstić information content (AvgIpc) is 2.62. The monoisotopic (exact) mass is 395 g/mol. The third-order valence-corrected chi connectivity index (χ3v) is 5.90. The second-order valence-corrected chi connectivity index (χ2v) is 7.86. The van der Waals surface area contributed by atoms with Crippen molar-refractivity contribution in [1.29, 1.82) is 0 Å². The van der Waals surface area contributed by atoms with E-state index in [9.17, 15) is 13.2 Å². The Balaban J connectivity index is 0.00000243. The highest BCUT2D eigenvalue weighted by atomic mass is 35.5. The van der Waals surface area contributed by atoms with Gasteiger partial charge in [0.1, 0.15) is 0 Å². The van der Waals surface area contributed by atoms with Crippen molar-refractivity contribution in [2.45, 2.75) is 24.7 Å². The van der Waals surface area contributed by atoms with Gasteiger partial charge in [-0.1, -0.05) is 12.1 Å². The Hall–Kier alpha value is -2.09. The zero-order valence-electron chi connectivity index (χ0n) is 14.6. The number of halogens is 1. The molecule has 0 spiro atoms. The number of hydrogen-bond acceptors (Lipinski definition) is 4. The van der Waals surface area contributed by atoms with Crippen molar-refractivity contribution in [2.75, 3.05) is 24.2 Å². The lowest BCUT2D eigenvalue weighted by molar-refractivity contribution is 0.102. The fourth-order valence-electron chi connectivity index (χ4n) is 3.00. The topological polar surface area (TPSA) is 87.3 Å². The molecule has 0 radical (unpaired) electrons. The summed E-state index contributed by atoms with van der Waals surface area (Å²) in [5.74, 6) is -0.239. The zero-order valence-corrected chi connectivity index (χ0v) is 16.3. The van der Waals surface area contributed by atoms with Gasteiger partial charge in [-0.2, -0.15) is 0 Å². The molecule has 0 bridgehead atoms. The smallest absolute Gasteiger partial charge is 0.256 e. The van der Waals surface area contributed by atoms with E-state index in [1.807, 2.05) is 12.1 Å². The molecule has 1 aliphatic heterocycles. The summed E-state index contributed by atoms with van der Waals surface area (Å²) >= 11 is 0. The average molecular weight is 396 g/mol. The van der Waals surface area contributed by atoms with Crippen LogP contribution >= 0.6 is 12.4 Å². The van der Waals surface area contributed by atoms with Crippen LogP contribution in [0.5, 0.6) is 0 Å². The van der Waals surface area contributed by atoms with Gasteiger partial charge in [-0.15, -0.1) is 12.4 Å². The predicted octanol–water partition coefficient (Wildman–Crippen LogP) is 2.94. The first kappa shape index (κ1) is 20.2. The summed E-state index contributed by atoms with van der Waals surface area (Å²) in [4.78, 5) is 12.9. The van der Waals surface area contributed by atoms with Crippen LogP contribution in [-0.4, -0.2) is 27.9 Å². The van der Waals surface area contributed by atoms with E-state index < -0.39 is 10.0 Å². The van der Waals surface area contributed by atoms with E-state index in [2.05, 4.69) is 15.4 Å². The molecule has 2 aromatic carbocycles. The highest BCUT2D eigenvalue weighted by Crippen LogP contribution is 2.26. The molecule has 0 saturated heterocycles. The van der Waals surface area contributed by atoms with Crippen molar-refractivity contribution >= 4 is 39.7 Å². The number of sulfonamides is 1. The van der Waals surface area contributed by atoms with E-state index in [-0.39, 0.29) is 23.2 Å². The van der Waals surface area contributed by atoms with Crippen molar-refractivity contribution in [3.8, 4) is 0 Å². The fourth-order valence-corrected chi connectivity index (χ4v) is 3.99. The summed E-state index contributed by atoms with van der Waals surface area (Å²) in [6.45, 7) is 2.62. The summed E-state index contributed by atoms with van der Waals surface area (Å²) in [6.07, 6.45) is 1.82. The molecule has 6 nitrogen and oxygen atoms in total. The number of fused-ring (bicyclic) bond motifs is 1. The number of carbonyl (C=O) groups excluding carboxylic acids is 1. The molecule has 8 heteroatoms. The molecule has 0 atom stereocenters. The van der Waals surface area contributed by atoms with E-state index in [1.54, 1.807) is 25.1 Å². The first-order valence-corrected chi connectivity index (χ1v) is 9.62. The number of hydrogen-bond donors (Lipinski definition) is 3. The predicted molar refractivity (Wildman–Crippen MR) is 106 cm³/mol. The van der Waals surface area contributed by atoms with Gasteiger partial charge in [0.05, 0.1) is 4.90 Å². The van der Waals surface area contributed by atoms with Gasteiger partial charge in [0.25, 0.3) is 5.91 Å². The molecule has 26 heavy (non-hydrogen) atoms. The molecule has 2 aromatic rings. The maximum Gasteiger partial charge on any atom is 0.256 e. The lowest BCUT2D eigenvalue weighted by atomic mass is 9.97. The molecule has 0 unspecified atom stereocenters. The van der Waals surface area contributed by atoms with Gasteiger partial charge in [0.15, 0.2) is 0 Å². The van der Waals surface area contributed by atoms with E-state index in [1.165, 1.54) is 13.1 Å². The normalized spacial score (nSPS) is 13.2. The maximum atomic E-state index is 12.7. The van der Waals surface area contributed by atoms with Gasteiger partial charge in [-0.3, -0.25) is 4.79 Å². The Labute approximate surface area is 159 Å². The van der Waals surface area contributed by atoms with Crippen molar-refractivity contribution in [3.05, 3.63) is 53.1 Å². The van der Waals surface area contributed by atoms with Crippen LogP contribution in [-0.2, 0) is 16.4 Å². The van der Waals surface area contributed by atoms with Gasteiger partial charge >= 0.3 is 0 Å². The van der Waals surface area contributed by atoms with Gasteiger partial charge in [-0.25, -0.2) is 13.1 Å². The van der Waals surface area contributed by atoms with E-state index in [0.29, 0.717) is 16.8 Å². The summed E-state index contributed by atoms with van der Waals surface area (Å²) in [5, 5.41) is 6.11. The number of carbonyl (C=O) groups is 1. The maximum absolute atomic E-state index is 12.7. The number of benzene rings is 2. The fraction of sp³-hybridized carbons (Fsp3) is 0.278. The molecule has 3 rings (SSSR count). The highest BCUT2D eigenvalue weighted by molar-refractivity contribution is 7.89. The van der Waals surface area contributed by atoms with Crippen LogP contribution in [0.25, 0.3) is 0 Å². The van der Waals surface area contributed by atoms with E-state index >= 15 is 0 Å². The van der Waals surface area contributed by atoms with Crippen molar-refractivity contribution < 1.29 is 13.2 Å². The van der Waals surface area contributed by atoms with Crippen LogP contribution in [0.2, 0.25) is 0 Å². The third kappa shape index (κ3) is 4.00. The molecule has 1 amide bonds. The minimum absolute atomic E-state index is 0. The van der Waals surface area contributed by atoms with Crippen molar-refractivity contribution in [1.82, 2.24) is 4.72 Å². The Morgan fingerprint density at radius 2 is 1.96 bits per heavy atom. The second kappa shape index (κ2) is 8.07. The molecule has 1 aliphatic rings. The Bertz CT molecular complexity index is 929. The Morgan fingerprint density at radius 3 is 2.69 bits per heavy atom. The quantitative estimate of drug-likeness (QED) is 0.742. The number of aryl methyl sites for hydroxylation is 1. The molecule has 3 N–H and O–H groups in total. The van der Waals surface area contributed by atoms with Crippen LogP contribution in [0.3, 0.4) is 0 Å². The van der Waals surface area contributed by atoms with Crippen LogP contribution < -0.4 is 15.4 Å². The largest absolute Gasteiger partial charge is 0.385 e. The molecule has 0 saturated carbocycles. The van der Waals surface area contributed by atoms with E-state index in [0.717, 1.165) is 30.6 Å². The first-order valence-electron chi connectivity index (χ1n) is 8.13. The molecule has 0 fully saturated rings. The van der Waals surface area contributed by atoms with Crippen molar-refractivity contribution in [2.24, 2.45) is 0 Å². The van der Waals surface area contributed by atoms with Crippen LogP contribution in [0.1, 0.15) is 27.9 Å². The SMILES string of the molecule is CNS(=O)(=O)c1cc(NC(=O)c2cccc3c2CCCN3)ccc1C.Cl. The minimum atomic E-state index is -3.58. The molecule has 1 heterocycles. The van der Waals surface area contributed by atoms with Crippen LogP contribution in [0.15, 0.2) is 41.3 Å². The molecule has 0 aromatic heterocycles. The summed E-state index contributed by atoms with van der Waals surface area (Å²) in [7, 11) is -2.21. The summed E-state index contributed by atoms with van der Waals surface area (Å²) < 4.78 is 26.5. The minimum Gasteiger partial charge on any atom is -0.385 e. The number of rotatable bonds is 4. The lowest BCUT2D eigenvalue weighted by Crippen LogP contribution is -2.21. The van der Waals surface area contributed by atoms with E-state index in [4.69, 9.17) is 0 Å². The molecule has 0 aliphatic carbocycles. The van der Waals surface area contributed by atoms with Crippen LogP contribution in [0, 0.1) is 6.92 Å². The first-order chi connectivity index (χ1) is 11.9. The third-order valence-electron chi connectivity index (χ3n) is 4.34. The van der Waals surface area contributed by atoms with Crippen molar-refractivity contribution in [3.63, 3.8) is 0 Å². The van der Waals surface area contributed by atoms with Gasteiger partial charge < -0.3 is 10.6 Å². The lowest BCUT2D eigenvalue weighted by Gasteiger charge is -2.20. The Morgan fingerprint density at radius 1 is 1.19 bits per heavy atom. The Kier molecular flexibility index (Phi) is 6.28. The number of amides is 1. The van der Waals surface area contributed by atoms with Gasteiger partial charge in [0.2, 0.25) is 10.0 Å².